The van der Waals surface area contributed by atoms with Gasteiger partial charge in [-0.25, -0.2) is 15.0 Å². The fourth-order valence-corrected chi connectivity index (χ4v) is 3.12. The first-order valence-electron chi connectivity index (χ1n) is 7.78. The molecular weight excluding hydrogens is 292 g/mol. The number of benzene rings is 1. The number of ether oxygens (including phenoxy) is 1. The lowest BCUT2D eigenvalue weighted by Gasteiger charge is -2.14. The Morgan fingerprint density at radius 1 is 1.22 bits per heavy atom. The Hall–Kier alpha value is -2.31. The van der Waals surface area contributed by atoms with Gasteiger partial charge in [0.05, 0.1) is 19.0 Å². The monoisotopic (exact) mass is 310 g/mol. The Bertz CT molecular complexity index is 845. The molecule has 3 heterocycles. The van der Waals surface area contributed by atoms with E-state index in [1.54, 1.807) is 12.7 Å². The Balaban J connectivity index is 1.80. The van der Waals surface area contributed by atoms with E-state index in [0.29, 0.717) is 0 Å². The summed E-state index contributed by atoms with van der Waals surface area (Å²) in [6, 6.07) is 8.12. The lowest BCUT2D eigenvalue weighted by Crippen LogP contribution is -2.14. The van der Waals surface area contributed by atoms with Crippen molar-refractivity contribution in [3.05, 3.63) is 42.5 Å². The smallest absolute Gasteiger partial charge is 0.165 e. The number of hydrogen-bond acceptors (Lipinski definition) is 5. The molecule has 0 spiro atoms. The van der Waals surface area contributed by atoms with E-state index >= 15 is 0 Å². The van der Waals surface area contributed by atoms with E-state index in [-0.39, 0.29) is 18.9 Å². The highest BCUT2D eigenvalue weighted by molar-refractivity contribution is 5.88. The quantitative estimate of drug-likeness (QED) is 0.804. The third kappa shape index (κ3) is 2.40. The second-order valence-electron chi connectivity index (χ2n) is 5.83. The number of nitrogens with zero attached hydrogens (tertiary/aromatic N) is 4. The molecule has 1 aliphatic heterocycles. The Labute approximate surface area is 133 Å². The molecule has 0 amide bonds. The molecule has 6 nitrogen and oxygen atoms in total. The van der Waals surface area contributed by atoms with Gasteiger partial charge in [-0.15, -0.1) is 0 Å². The van der Waals surface area contributed by atoms with Crippen LogP contribution in [0, 0.1) is 6.92 Å². The molecule has 1 saturated heterocycles. The van der Waals surface area contributed by atoms with Gasteiger partial charge >= 0.3 is 0 Å². The third-order valence-corrected chi connectivity index (χ3v) is 4.36. The molecule has 2 atom stereocenters. The van der Waals surface area contributed by atoms with Crippen molar-refractivity contribution in [3.63, 3.8) is 0 Å². The third-order valence-electron chi connectivity index (χ3n) is 4.36. The zero-order chi connectivity index (χ0) is 15.8. The van der Waals surface area contributed by atoms with Gasteiger partial charge in [0.2, 0.25) is 0 Å². The van der Waals surface area contributed by atoms with Crippen LogP contribution in [0.15, 0.2) is 36.9 Å². The standard InChI is InChI=1S/C17H18N4O2/c1-11-4-2-3-5-13(11)15-16-17(19-9-18-15)21(10-20-16)14-7-6-12(8-22)23-14/h2-5,9-10,12,14,22H,6-8H2,1H3. The van der Waals surface area contributed by atoms with E-state index in [0.717, 1.165) is 40.8 Å². The average Bonchev–Trinajstić information content (AvgIpc) is 3.21. The summed E-state index contributed by atoms with van der Waals surface area (Å²) in [5, 5.41) is 9.24. The van der Waals surface area contributed by atoms with Crippen LogP contribution < -0.4 is 0 Å². The highest BCUT2D eigenvalue weighted by Gasteiger charge is 2.28. The van der Waals surface area contributed by atoms with Crippen LogP contribution in [-0.2, 0) is 4.74 Å². The molecule has 1 fully saturated rings. The zero-order valence-corrected chi connectivity index (χ0v) is 12.9. The largest absolute Gasteiger partial charge is 0.394 e. The second kappa shape index (κ2) is 5.72. The molecule has 2 aromatic heterocycles. The number of aromatic nitrogens is 4. The fraction of sp³-hybridized carbons (Fsp3) is 0.353. The number of aryl methyl sites for hydroxylation is 1. The molecule has 0 radical (unpaired) electrons. The summed E-state index contributed by atoms with van der Waals surface area (Å²) in [6.07, 6.45) is 4.79. The van der Waals surface area contributed by atoms with E-state index in [2.05, 4.69) is 27.9 Å². The Kier molecular flexibility index (Phi) is 3.55. The normalized spacial score (nSPS) is 21.1. The molecule has 23 heavy (non-hydrogen) atoms. The zero-order valence-electron chi connectivity index (χ0n) is 12.9. The lowest BCUT2D eigenvalue weighted by molar-refractivity contribution is -0.0207. The highest BCUT2D eigenvalue weighted by atomic mass is 16.5. The molecule has 3 aromatic rings. The molecular formula is C17H18N4O2. The Morgan fingerprint density at radius 3 is 2.87 bits per heavy atom. The summed E-state index contributed by atoms with van der Waals surface area (Å²) in [5.74, 6) is 0. The first kappa shape index (κ1) is 14.3. The molecule has 4 rings (SSSR count). The van der Waals surface area contributed by atoms with Gasteiger partial charge in [0, 0.05) is 5.56 Å². The molecule has 2 unspecified atom stereocenters. The van der Waals surface area contributed by atoms with Crippen molar-refractivity contribution in [1.29, 1.82) is 0 Å². The van der Waals surface area contributed by atoms with E-state index in [1.807, 2.05) is 22.8 Å². The summed E-state index contributed by atoms with van der Waals surface area (Å²) in [7, 11) is 0. The van der Waals surface area contributed by atoms with Crippen LogP contribution in [0.3, 0.4) is 0 Å². The van der Waals surface area contributed by atoms with E-state index < -0.39 is 0 Å². The second-order valence-corrected chi connectivity index (χ2v) is 5.83. The van der Waals surface area contributed by atoms with Crippen LogP contribution >= 0.6 is 0 Å². The molecule has 1 aliphatic rings. The molecule has 0 bridgehead atoms. The molecule has 6 heteroatoms. The van der Waals surface area contributed by atoms with Crippen molar-refractivity contribution < 1.29 is 9.84 Å². The molecule has 0 saturated carbocycles. The summed E-state index contributed by atoms with van der Waals surface area (Å²) < 4.78 is 7.78. The average molecular weight is 310 g/mol. The van der Waals surface area contributed by atoms with Gasteiger partial charge in [0.25, 0.3) is 0 Å². The summed E-state index contributed by atoms with van der Waals surface area (Å²) >= 11 is 0. The Morgan fingerprint density at radius 2 is 2.09 bits per heavy atom. The molecule has 1 N–H and O–H groups in total. The van der Waals surface area contributed by atoms with E-state index in [1.165, 1.54) is 0 Å². The lowest BCUT2D eigenvalue weighted by atomic mass is 10.1. The molecule has 118 valence electrons. The van der Waals surface area contributed by atoms with Gasteiger partial charge < -0.3 is 9.84 Å². The van der Waals surface area contributed by atoms with Gasteiger partial charge in [-0.2, -0.15) is 0 Å². The minimum absolute atomic E-state index is 0.0482. The van der Waals surface area contributed by atoms with Crippen molar-refractivity contribution in [2.75, 3.05) is 6.61 Å². The SMILES string of the molecule is Cc1ccccc1-c1ncnc2c1ncn2C1CCC(CO)O1. The number of fused-ring (bicyclic) bond motifs is 1. The van der Waals surface area contributed by atoms with Crippen molar-refractivity contribution in [3.8, 4) is 11.3 Å². The molecule has 0 aliphatic carbocycles. The van der Waals surface area contributed by atoms with Crippen molar-refractivity contribution in [2.45, 2.75) is 32.1 Å². The number of hydrogen-bond donors (Lipinski definition) is 1. The predicted octanol–water partition coefficient (Wildman–Crippen LogP) is 2.47. The van der Waals surface area contributed by atoms with Crippen LogP contribution in [0.4, 0.5) is 0 Å². The number of rotatable bonds is 3. The number of aliphatic hydroxyl groups excluding tert-OH is 1. The molecule has 1 aromatic carbocycles. The van der Waals surface area contributed by atoms with Gasteiger partial charge in [-0.3, -0.25) is 4.57 Å². The summed E-state index contributed by atoms with van der Waals surface area (Å²) in [5.41, 5.74) is 4.59. The summed E-state index contributed by atoms with van der Waals surface area (Å²) in [4.78, 5) is 13.4. The van der Waals surface area contributed by atoms with E-state index in [9.17, 15) is 5.11 Å². The van der Waals surface area contributed by atoms with Crippen molar-refractivity contribution in [1.82, 2.24) is 19.5 Å². The maximum absolute atomic E-state index is 9.24. The van der Waals surface area contributed by atoms with Crippen molar-refractivity contribution in [2.24, 2.45) is 0 Å². The number of aliphatic hydroxyl groups is 1. The van der Waals surface area contributed by atoms with Gasteiger partial charge in [-0.1, -0.05) is 24.3 Å². The maximum atomic E-state index is 9.24. The minimum Gasteiger partial charge on any atom is -0.394 e. The number of imidazole rings is 1. The van der Waals surface area contributed by atoms with Gasteiger partial charge in [0.15, 0.2) is 5.65 Å². The summed E-state index contributed by atoms with van der Waals surface area (Å²) in [6.45, 7) is 2.11. The van der Waals surface area contributed by atoms with E-state index in [4.69, 9.17) is 4.74 Å². The fourth-order valence-electron chi connectivity index (χ4n) is 3.12. The topological polar surface area (TPSA) is 73.1 Å². The van der Waals surface area contributed by atoms with Crippen LogP contribution in [0.5, 0.6) is 0 Å². The highest BCUT2D eigenvalue weighted by Crippen LogP contribution is 2.32. The van der Waals surface area contributed by atoms with Crippen LogP contribution in [-0.4, -0.2) is 37.3 Å². The van der Waals surface area contributed by atoms with Crippen LogP contribution in [0.1, 0.15) is 24.6 Å². The van der Waals surface area contributed by atoms with Gasteiger partial charge in [0.1, 0.15) is 23.8 Å². The first-order chi connectivity index (χ1) is 11.3. The van der Waals surface area contributed by atoms with Crippen LogP contribution in [0.2, 0.25) is 0 Å². The van der Waals surface area contributed by atoms with Crippen molar-refractivity contribution >= 4 is 11.2 Å². The van der Waals surface area contributed by atoms with Gasteiger partial charge in [-0.05, 0) is 25.3 Å². The minimum atomic E-state index is -0.128. The first-order valence-corrected chi connectivity index (χ1v) is 7.78. The maximum Gasteiger partial charge on any atom is 0.165 e. The predicted molar refractivity (Wildman–Crippen MR) is 85.7 cm³/mol. The van der Waals surface area contributed by atoms with Crippen LogP contribution in [0.25, 0.3) is 22.4 Å².